The van der Waals surface area contributed by atoms with Gasteiger partial charge in [-0.05, 0) is 12.1 Å². The molecule has 9 heteroatoms. The second kappa shape index (κ2) is 6.71. The fourth-order valence-corrected chi connectivity index (χ4v) is 2.08. The first-order valence-electron chi connectivity index (χ1n) is 5.22. The van der Waals surface area contributed by atoms with Crippen LogP contribution in [0.3, 0.4) is 0 Å². The molecular weight excluding hydrogens is 372 g/mol. The van der Waals surface area contributed by atoms with Gasteiger partial charge in [-0.2, -0.15) is 13.2 Å². The Morgan fingerprint density at radius 1 is 1.25 bits per heavy atom. The molecular formula is C11H8BrClF5NO. The zero-order valence-corrected chi connectivity index (χ0v) is 12.1. The first-order valence-corrected chi connectivity index (χ1v) is 6.55. The Kier molecular flexibility index (Phi) is 5.76. The smallest absolute Gasteiger partial charge is 0.328 e. The highest BCUT2D eigenvalue weighted by Gasteiger charge is 2.34. The van der Waals surface area contributed by atoms with Crippen LogP contribution in [0.1, 0.15) is 10.4 Å². The molecule has 0 aliphatic heterocycles. The van der Waals surface area contributed by atoms with Gasteiger partial charge in [0, 0.05) is 16.9 Å². The highest BCUT2D eigenvalue weighted by molar-refractivity contribution is 9.10. The van der Waals surface area contributed by atoms with Crippen molar-refractivity contribution in [2.24, 2.45) is 0 Å². The summed E-state index contributed by atoms with van der Waals surface area (Å²) in [7, 11) is 0. The molecule has 0 aliphatic rings. The van der Waals surface area contributed by atoms with E-state index in [2.05, 4.69) is 15.9 Å². The third kappa shape index (κ3) is 4.59. The van der Waals surface area contributed by atoms with Gasteiger partial charge in [-0.3, -0.25) is 4.79 Å². The molecule has 20 heavy (non-hydrogen) atoms. The van der Waals surface area contributed by atoms with Gasteiger partial charge in [-0.1, -0.05) is 15.9 Å². The fraction of sp³-hybridized carbons (Fsp3) is 0.364. The van der Waals surface area contributed by atoms with Crippen LogP contribution in [-0.4, -0.2) is 36.0 Å². The Morgan fingerprint density at radius 3 is 2.15 bits per heavy atom. The van der Waals surface area contributed by atoms with Crippen LogP contribution in [0.4, 0.5) is 22.0 Å². The number of nitrogens with zero attached hydrogens (tertiary/aromatic N) is 1. The van der Waals surface area contributed by atoms with Gasteiger partial charge in [0.1, 0.15) is 23.7 Å². The van der Waals surface area contributed by atoms with Gasteiger partial charge in [-0.25, -0.2) is 8.78 Å². The summed E-state index contributed by atoms with van der Waals surface area (Å²) < 4.78 is 64.2. The van der Waals surface area contributed by atoms with E-state index < -0.39 is 42.4 Å². The number of halogens is 7. The molecule has 0 bridgehead atoms. The summed E-state index contributed by atoms with van der Waals surface area (Å²) in [5, 5.41) is 0. The van der Waals surface area contributed by atoms with E-state index in [1.165, 1.54) is 0 Å². The molecule has 0 saturated carbocycles. The Hall–Kier alpha value is -0.890. The van der Waals surface area contributed by atoms with Crippen molar-refractivity contribution < 1.29 is 26.7 Å². The zero-order chi connectivity index (χ0) is 15.5. The van der Waals surface area contributed by atoms with Crippen LogP contribution < -0.4 is 0 Å². The van der Waals surface area contributed by atoms with Crippen LogP contribution in [-0.2, 0) is 0 Å². The molecule has 1 aromatic rings. The maximum absolute atomic E-state index is 13.6. The number of benzene rings is 1. The molecule has 0 spiro atoms. The Bertz CT molecular complexity index is 485. The molecule has 112 valence electrons. The van der Waals surface area contributed by atoms with E-state index in [4.69, 9.17) is 11.6 Å². The Morgan fingerprint density at radius 2 is 1.75 bits per heavy atom. The number of hydrogen-bond donors (Lipinski definition) is 0. The van der Waals surface area contributed by atoms with Crippen LogP contribution in [0.2, 0.25) is 0 Å². The zero-order valence-electron chi connectivity index (χ0n) is 9.78. The molecule has 1 amide bonds. The minimum absolute atomic E-state index is 0.0313. The van der Waals surface area contributed by atoms with Crippen LogP contribution >= 0.6 is 27.5 Å². The van der Waals surface area contributed by atoms with Crippen molar-refractivity contribution in [3.8, 4) is 0 Å². The molecule has 1 aromatic carbocycles. The minimum atomic E-state index is -4.69. The normalized spacial score (nSPS) is 11.6. The number of alkyl halides is 4. The highest BCUT2D eigenvalue weighted by Crippen LogP contribution is 2.23. The predicted octanol–water partition coefficient (Wildman–Crippen LogP) is 3.97. The quantitative estimate of drug-likeness (QED) is 0.572. The molecule has 0 atom stereocenters. The van der Waals surface area contributed by atoms with Crippen molar-refractivity contribution in [1.82, 2.24) is 4.90 Å². The number of amides is 1. The molecule has 2 nitrogen and oxygen atoms in total. The fourth-order valence-electron chi connectivity index (χ4n) is 1.48. The number of rotatable bonds is 4. The number of carbonyl (C=O) groups is 1. The second-order valence-electron chi connectivity index (χ2n) is 3.78. The summed E-state index contributed by atoms with van der Waals surface area (Å²) in [6.45, 7) is -2.11. The third-order valence-electron chi connectivity index (χ3n) is 2.23. The van der Waals surface area contributed by atoms with Crippen LogP contribution in [0.15, 0.2) is 16.6 Å². The van der Waals surface area contributed by atoms with Crippen molar-refractivity contribution in [3.63, 3.8) is 0 Å². The lowest BCUT2D eigenvalue weighted by molar-refractivity contribution is -0.140. The predicted molar refractivity (Wildman–Crippen MR) is 66.7 cm³/mol. The van der Waals surface area contributed by atoms with E-state index in [0.29, 0.717) is 0 Å². The standard InChI is InChI=1S/C11H8BrClF5NO/c12-6-3-7(14)9(8(15)4-6)10(20)19(2-1-13)5-11(16,17)18/h3-4H,1-2,5H2. The molecule has 0 aromatic heterocycles. The molecule has 0 saturated heterocycles. The van der Waals surface area contributed by atoms with Crippen molar-refractivity contribution in [3.05, 3.63) is 33.8 Å². The van der Waals surface area contributed by atoms with Crippen molar-refractivity contribution in [1.29, 1.82) is 0 Å². The van der Waals surface area contributed by atoms with Crippen LogP contribution in [0, 0.1) is 11.6 Å². The van der Waals surface area contributed by atoms with Gasteiger partial charge in [0.2, 0.25) is 0 Å². The third-order valence-corrected chi connectivity index (χ3v) is 2.86. The Labute approximate surface area is 124 Å². The topological polar surface area (TPSA) is 20.3 Å². The van der Waals surface area contributed by atoms with Gasteiger partial charge in [0.15, 0.2) is 0 Å². The molecule has 0 N–H and O–H groups in total. The summed E-state index contributed by atoms with van der Waals surface area (Å²) in [6, 6.07) is 1.59. The molecule has 0 fully saturated rings. The van der Waals surface area contributed by atoms with Crippen LogP contribution in [0.5, 0.6) is 0 Å². The van der Waals surface area contributed by atoms with Gasteiger partial charge in [-0.15, -0.1) is 11.6 Å². The summed E-state index contributed by atoms with van der Waals surface area (Å²) in [4.78, 5) is 12.1. The summed E-state index contributed by atoms with van der Waals surface area (Å²) in [6.07, 6.45) is -4.69. The van der Waals surface area contributed by atoms with E-state index in [-0.39, 0.29) is 15.3 Å². The van der Waals surface area contributed by atoms with E-state index in [1.807, 2.05) is 0 Å². The van der Waals surface area contributed by atoms with E-state index >= 15 is 0 Å². The van der Waals surface area contributed by atoms with E-state index in [0.717, 1.165) is 12.1 Å². The average molecular weight is 381 g/mol. The van der Waals surface area contributed by atoms with Crippen LogP contribution in [0.25, 0.3) is 0 Å². The molecule has 0 aliphatic carbocycles. The largest absolute Gasteiger partial charge is 0.406 e. The van der Waals surface area contributed by atoms with Gasteiger partial charge >= 0.3 is 6.18 Å². The lowest BCUT2D eigenvalue weighted by atomic mass is 10.1. The molecule has 0 heterocycles. The highest BCUT2D eigenvalue weighted by atomic mass is 79.9. The lowest BCUT2D eigenvalue weighted by Gasteiger charge is -2.23. The Balaban J connectivity index is 3.13. The molecule has 0 unspecified atom stereocenters. The van der Waals surface area contributed by atoms with Gasteiger partial charge in [0.25, 0.3) is 5.91 Å². The SMILES string of the molecule is O=C(c1c(F)cc(Br)cc1F)N(CCCl)CC(F)(F)F. The average Bonchev–Trinajstić information content (AvgIpc) is 2.24. The summed E-state index contributed by atoms with van der Waals surface area (Å²) in [5.41, 5.74) is -1.04. The first-order chi connectivity index (χ1) is 9.15. The molecule has 0 radical (unpaired) electrons. The van der Waals surface area contributed by atoms with E-state index in [9.17, 15) is 26.7 Å². The second-order valence-corrected chi connectivity index (χ2v) is 5.07. The first kappa shape index (κ1) is 17.2. The lowest BCUT2D eigenvalue weighted by Crippen LogP contribution is -2.40. The number of carbonyl (C=O) groups excluding carboxylic acids is 1. The van der Waals surface area contributed by atoms with Crippen molar-refractivity contribution in [2.45, 2.75) is 6.18 Å². The van der Waals surface area contributed by atoms with Crippen molar-refractivity contribution >= 4 is 33.4 Å². The summed E-state index contributed by atoms with van der Waals surface area (Å²) >= 11 is 8.11. The minimum Gasteiger partial charge on any atom is -0.328 e. The van der Waals surface area contributed by atoms with Gasteiger partial charge < -0.3 is 4.90 Å². The maximum atomic E-state index is 13.6. The monoisotopic (exact) mass is 379 g/mol. The number of hydrogen-bond acceptors (Lipinski definition) is 1. The van der Waals surface area contributed by atoms with E-state index in [1.54, 1.807) is 0 Å². The maximum Gasteiger partial charge on any atom is 0.406 e. The molecule has 1 rings (SSSR count). The van der Waals surface area contributed by atoms with Crippen molar-refractivity contribution in [2.75, 3.05) is 19.0 Å². The summed E-state index contributed by atoms with van der Waals surface area (Å²) in [5.74, 6) is -4.18. The van der Waals surface area contributed by atoms with Gasteiger partial charge in [0.05, 0.1) is 0 Å².